The highest BCUT2D eigenvalue weighted by molar-refractivity contribution is 9.10. The molecule has 0 aliphatic rings. The van der Waals surface area contributed by atoms with E-state index in [2.05, 4.69) is 20.7 Å². The second-order valence-corrected chi connectivity index (χ2v) is 5.80. The van der Waals surface area contributed by atoms with Crippen molar-refractivity contribution in [3.8, 4) is 5.75 Å². The molecule has 0 heterocycles. The number of carbonyl (C=O) groups excluding carboxylic acids is 1. The summed E-state index contributed by atoms with van der Waals surface area (Å²) >= 11 is 3.32. The Morgan fingerprint density at radius 1 is 1.41 bits per heavy atom. The van der Waals surface area contributed by atoms with Crippen molar-refractivity contribution in [1.29, 1.82) is 0 Å². The van der Waals surface area contributed by atoms with E-state index in [9.17, 15) is 13.6 Å². The Bertz CT molecular complexity index is 500. The number of hydrogen-bond acceptors (Lipinski definition) is 4. The van der Waals surface area contributed by atoms with Crippen LogP contribution in [-0.4, -0.2) is 37.7 Å². The van der Waals surface area contributed by atoms with Crippen LogP contribution >= 0.6 is 15.9 Å². The number of nitrogens with zero attached hydrogens (tertiary/aromatic N) is 1. The van der Waals surface area contributed by atoms with Crippen LogP contribution in [0, 0.1) is 5.92 Å². The Hall–Kier alpha value is -1.21. The van der Waals surface area contributed by atoms with Gasteiger partial charge < -0.3 is 9.47 Å². The van der Waals surface area contributed by atoms with E-state index >= 15 is 0 Å². The molecule has 0 aliphatic carbocycles. The summed E-state index contributed by atoms with van der Waals surface area (Å²) in [6.07, 6.45) is 0. The summed E-state index contributed by atoms with van der Waals surface area (Å²) in [5, 5.41) is 0. The first-order valence-electron chi connectivity index (χ1n) is 6.90. The molecule has 0 N–H and O–H groups in total. The molecule has 7 heteroatoms. The maximum atomic E-state index is 12.5. The van der Waals surface area contributed by atoms with Crippen LogP contribution < -0.4 is 4.74 Å². The number of halogens is 3. The van der Waals surface area contributed by atoms with Gasteiger partial charge >= 0.3 is 12.6 Å². The zero-order valence-corrected chi connectivity index (χ0v) is 14.4. The van der Waals surface area contributed by atoms with Crippen molar-refractivity contribution in [2.75, 3.05) is 20.2 Å². The molecule has 1 atom stereocenters. The summed E-state index contributed by atoms with van der Waals surface area (Å²) in [4.78, 5) is 13.5. The fraction of sp³-hybridized carbons (Fsp3) is 0.533. The van der Waals surface area contributed by atoms with E-state index in [4.69, 9.17) is 4.74 Å². The van der Waals surface area contributed by atoms with E-state index in [1.54, 1.807) is 19.1 Å². The van der Waals surface area contributed by atoms with E-state index in [0.717, 1.165) is 4.47 Å². The highest BCUT2D eigenvalue weighted by Gasteiger charge is 2.19. The highest BCUT2D eigenvalue weighted by atomic mass is 79.9. The van der Waals surface area contributed by atoms with Gasteiger partial charge in [0, 0.05) is 23.1 Å². The fourth-order valence-corrected chi connectivity index (χ4v) is 2.50. The van der Waals surface area contributed by atoms with Crippen LogP contribution in [-0.2, 0) is 16.1 Å². The minimum atomic E-state index is -2.87. The third-order valence-corrected chi connectivity index (χ3v) is 3.71. The van der Waals surface area contributed by atoms with Crippen molar-refractivity contribution < 1.29 is 23.0 Å². The number of benzene rings is 1. The third kappa shape index (κ3) is 5.88. The molecule has 0 saturated heterocycles. The van der Waals surface area contributed by atoms with Crippen molar-refractivity contribution >= 4 is 21.9 Å². The second-order valence-electron chi connectivity index (χ2n) is 4.88. The first-order chi connectivity index (χ1) is 10.4. The lowest BCUT2D eigenvalue weighted by Gasteiger charge is -2.24. The van der Waals surface area contributed by atoms with Gasteiger partial charge in [0.25, 0.3) is 0 Å². The number of rotatable bonds is 8. The molecule has 1 aromatic rings. The zero-order valence-electron chi connectivity index (χ0n) is 12.8. The molecule has 4 nitrogen and oxygen atoms in total. The summed E-state index contributed by atoms with van der Waals surface area (Å²) in [6, 6.07) is 4.89. The van der Waals surface area contributed by atoms with Crippen LogP contribution in [0.4, 0.5) is 8.78 Å². The molecule has 0 saturated carbocycles. The van der Waals surface area contributed by atoms with Crippen LogP contribution in [0.2, 0.25) is 0 Å². The number of ether oxygens (including phenoxy) is 2. The van der Waals surface area contributed by atoms with Gasteiger partial charge in [-0.15, -0.1) is 0 Å². The predicted molar refractivity (Wildman–Crippen MR) is 82.9 cm³/mol. The number of carbonyl (C=O) groups is 1. The van der Waals surface area contributed by atoms with Crippen LogP contribution in [0.25, 0.3) is 0 Å². The molecule has 22 heavy (non-hydrogen) atoms. The van der Waals surface area contributed by atoms with Crippen molar-refractivity contribution in [2.45, 2.75) is 27.0 Å². The molecule has 0 spiro atoms. The molecule has 124 valence electrons. The summed E-state index contributed by atoms with van der Waals surface area (Å²) in [7, 11) is 1.35. The molecule has 1 aromatic carbocycles. The van der Waals surface area contributed by atoms with Gasteiger partial charge in [0.15, 0.2) is 0 Å². The maximum absolute atomic E-state index is 12.5. The van der Waals surface area contributed by atoms with Gasteiger partial charge in [0.1, 0.15) is 5.75 Å². The molecule has 0 amide bonds. The molecule has 0 aromatic heterocycles. The standard InChI is InChI=1S/C15H20BrF2NO3/c1-4-19(8-10(2)14(20)21-3)9-11-7-12(16)5-6-13(11)22-15(17)18/h5-7,10,15H,4,8-9H2,1-3H3. The summed E-state index contributed by atoms with van der Waals surface area (Å²) < 4.78 is 35.0. The smallest absolute Gasteiger partial charge is 0.387 e. The van der Waals surface area contributed by atoms with Crippen molar-refractivity contribution in [1.82, 2.24) is 4.90 Å². The number of hydrogen-bond donors (Lipinski definition) is 0. The van der Waals surface area contributed by atoms with Gasteiger partial charge in [-0.3, -0.25) is 9.69 Å². The Morgan fingerprint density at radius 2 is 2.09 bits per heavy atom. The lowest BCUT2D eigenvalue weighted by molar-refractivity contribution is -0.145. The van der Waals surface area contributed by atoms with Crippen LogP contribution in [0.5, 0.6) is 5.75 Å². The normalized spacial score (nSPS) is 12.5. The topological polar surface area (TPSA) is 38.8 Å². The average Bonchev–Trinajstić information content (AvgIpc) is 2.47. The van der Waals surface area contributed by atoms with Gasteiger partial charge in [-0.05, 0) is 24.7 Å². The molecular formula is C15H20BrF2NO3. The Labute approximate surface area is 137 Å². The van der Waals surface area contributed by atoms with Gasteiger partial charge in [-0.2, -0.15) is 8.78 Å². The fourth-order valence-electron chi connectivity index (χ4n) is 2.09. The molecule has 0 fully saturated rings. The van der Waals surface area contributed by atoms with Gasteiger partial charge in [0.05, 0.1) is 13.0 Å². The van der Waals surface area contributed by atoms with E-state index in [1.165, 1.54) is 13.2 Å². The minimum Gasteiger partial charge on any atom is -0.469 e. The average molecular weight is 380 g/mol. The molecule has 1 rings (SSSR count). The second kappa shape index (κ2) is 9.05. The third-order valence-electron chi connectivity index (χ3n) is 3.22. The Kier molecular flexibility index (Phi) is 7.75. The van der Waals surface area contributed by atoms with Gasteiger partial charge in [0.2, 0.25) is 0 Å². The number of esters is 1. The molecule has 1 unspecified atom stereocenters. The largest absolute Gasteiger partial charge is 0.469 e. The molecule has 0 bridgehead atoms. The Morgan fingerprint density at radius 3 is 2.64 bits per heavy atom. The van der Waals surface area contributed by atoms with Crippen molar-refractivity contribution in [2.24, 2.45) is 5.92 Å². The monoisotopic (exact) mass is 379 g/mol. The quantitative estimate of drug-likeness (QED) is 0.645. The maximum Gasteiger partial charge on any atom is 0.387 e. The highest BCUT2D eigenvalue weighted by Crippen LogP contribution is 2.26. The summed E-state index contributed by atoms with van der Waals surface area (Å²) in [6.45, 7) is 2.39. The van der Waals surface area contributed by atoms with Crippen LogP contribution in [0.1, 0.15) is 19.4 Å². The van der Waals surface area contributed by atoms with Gasteiger partial charge in [-0.25, -0.2) is 0 Å². The van der Waals surface area contributed by atoms with E-state index in [-0.39, 0.29) is 17.6 Å². The zero-order chi connectivity index (χ0) is 16.7. The van der Waals surface area contributed by atoms with Crippen LogP contribution in [0.3, 0.4) is 0 Å². The van der Waals surface area contributed by atoms with E-state index in [0.29, 0.717) is 25.2 Å². The SMILES string of the molecule is CCN(Cc1cc(Br)ccc1OC(F)F)CC(C)C(=O)OC. The summed E-state index contributed by atoms with van der Waals surface area (Å²) in [5.74, 6) is -0.448. The lowest BCUT2D eigenvalue weighted by Crippen LogP contribution is -2.32. The van der Waals surface area contributed by atoms with Gasteiger partial charge in [-0.1, -0.05) is 29.8 Å². The predicted octanol–water partition coefficient (Wildman–Crippen LogP) is 3.68. The summed E-state index contributed by atoms with van der Waals surface area (Å²) in [5.41, 5.74) is 0.633. The van der Waals surface area contributed by atoms with Crippen LogP contribution in [0.15, 0.2) is 22.7 Å². The van der Waals surface area contributed by atoms with Crippen molar-refractivity contribution in [3.63, 3.8) is 0 Å². The van der Waals surface area contributed by atoms with E-state index < -0.39 is 6.61 Å². The molecule has 0 radical (unpaired) electrons. The van der Waals surface area contributed by atoms with Crippen molar-refractivity contribution in [3.05, 3.63) is 28.2 Å². The minimum absolute atomic E-state index is 0.141. The first-order valence-corrected chi connectivity index (χ1v) is 7.70. The Balaban J connectivity index is 2.85. The molecule has 0 aliphatic heterocycles. The molecular weight excluding hydrogens is 360 g/mol. The van der Waals surface area contributed by atoms with E-state index in [1.807, 2.05) is 11.8 Å². The number of alkyl halides is 2. The number of methoxy groups -OCH3 is 1. The first kappa shape index (κ1) is 18.8. The lowest BCUT2D eigenvalue weighted by atomic mass is 10.1.